The van der Waals surface area contributed by atoms with Crippen molar-refractivity contribution in [1.29, 1.82) is 0 Å². The van der Waals surface area contributed by atoms with Gasteiger partial charge in [-0.2, -0.15) is 0 Å². The van der Waals surface area contributed by atoms with Gasteiger partial charge in [-0.25, -0.2) is 0 Å². The molecule has 0 atom stereocenters. The smallest absolute Gasteiger partial charge is 0.0723 e. The predicted molar refractivity (Wildman–Crippen MR) is 298 cm³/mol. The molecule has 0 radical (unpaired) electrons. The van der Waals surface area contributed by atoms with Gasteiger partial charge in [0, 0.05) is 71.5 Å². The van der Waals surface area contributed by atoms with E-state index in [-0.39, 0.29) is 0 Å². The monoisotopic (exact) mass is 905 g/mol. The van der Waals surface area contributed by atoms with Crippen LogP contribution in [0.2, 0.25) is 0 Å². The van der Waals surface area contributed by atoms with E-state index in [9.17, 15) is 0 Å². The standard InChI is InChI=1S/C66H43N5/c1-9-25-57-49(17-1)50-18-2-10-26-58(50)68(57)46-37-33-44(34-38-46)67(45-35-39-47(40-36-45)69-59-27-11-3-19-51(59)52-20-4-12-28-60(52)69)65-42-41-48(70-61-29-13-5-21-53(61)54-22-6-14-30-62(54)70)43-66(65)71-63-31-15-7-23-55(63)56-24-8-16-32-64(56)71/h1-43H. The fraction of sp³-hybridized carbons (Fsp3) is 0. The van der Waals surface area contributed by atoms with Gasteiger partial charge in [0.2, 0.25) is 0 Å². The number of hydrogen-bond donors (Lipinski definition) is 0. The maximum atomic E-state index is 2.48. The van der Waals surface area contributed by atoms with Crippen LogP contribution in [0.5, 0.6) is 0 Å². The van der Waals surface area contributed by atoms with Crippen LogP contribution in [0.25, 0.3) is 110 Å². The zero-order valence-corrected chi connectivity index (χ0v) is 38.6. The topological polar surface area (TPSA) is 23.0 Å². The van der Waals surface area contributed by atoms with Crippen LogP contribution < -0.4 is 4.90 Å². The Balaban J connectivity index is 0.993. The molecule has 332 valence electrons. The van der Waals surface area contributed by atoms with E-state index >= 15 is 0 Å². The van der Waals surface area contributed by atoms with Crippen molar-refractivity contribution in [3.8, 4) is 22.7 Å². The Morgan fingerprint density at radius 3 is 0.746 bits per heavy atom. The highest BCUT2D eigenvalue weighted by molar-refractivity contribution is 6.13. The summed E-state index contributed by atoms with van der Waals surface area (Å²) in [5.74, 6) is 0. The summed E-state index contributed by atoms with van der Waals surface area (Å²) in [6.07, 6.45) is 0. The third kappa shape index (κ3) is 5.87. The lowest BCUT2D eigenvalue weighted by Crippen LogP contribution is -2.14. The third-order valence-corrected chi connectivity index (χ3v) is 14.8. The van der Waals surface area contributed by atoms with E-state index in [1.807, 2.05) is 0 Å². The van der Waals surface area contributed by atoms with Crippen LogP contribution in [0, 0.1) is 0 Å². The van der Waals surface area contributed by atoms with Crippen molar-refractivity contribution in [1.82, 2.24) is 18.3 Å². The molecular formula is C66H43N5. The Morgan fingerprint density at radius 1 is 0.211 bits per heavy atom. The van der Waals surface area contributed by atoms with E-state index in [1.165, 1.54) is 76.2 Å². The van der Waals surface area contributed by atoms with Crippen molar-refractivity contribution in [3.05, 3.63) is 261 Å². The van der Waals surface area contributed by atoms with Gasteiger partial charge in [0.25, 0.3) is 0 Å². The first-order valence-corrected chi connectivity index (χ1v) is 24.4. The molecule has 0 aliphatic heterocycles. The summed E-state index contributed by atoms with van der Waals surface area (Å²) < 4.78 is 9.69. The van der Waals surface area contributed by atoms with E-state index in [2.05, 4.69) is 284 Å². The third-order valence-electron chi connectivity index (χ3n) is 14.8. The predicted octanol–water partition coefficient (Wildman–Crippen LogP) is 17.5. The molecule has 5 nitrogen and oxygen atoms in total. The van der Waals surface area contributed by atoms with E-state index in [4.69, 9.17) is 0 Å². The zero-order chi connectivity index (χ0) is 46.6. The van der Waals surface area contributed by atoms with Crippen LogP contribution in [0.4, 0.5) is 17.1 Å². The number of nitrogens with zero attached hydrogens (tertiary/aromatic N) is 5. The molecule has 4 aromatic heterocycles. The van der Waals surface area contributed by atoms with Crippen molar-refractivity contribution in [2.24, 2.45) is 0 Å². The summed E-state index contributed by atoms with van der Waals surface area (Å²) in [6, 6.07) is 95.4. The number of aromatic nitrogens is 4. The average Bonchev–Trinajstić information content (AvgIpc) is 4.17. The molecule has 11 aromatic carbocycles. The van der Waals surface area contributed by atoms with E-state index in [0.717, 1.165) is 50.8 Å². The molecule has 0 bridgehead atoms. The van der Waals surface area contributed by atoms with Gasteiger partial charge in [-0.3, -0.25) is 0 Å². The molecule has 5 heteroatoms. The maximum Gasteiger partial charge on any atom is 0.0723 e. The number of anilines is 3. The largest absolute Gasteiger partial charge is 0.309 e. The normalized spacial score (nSPS) is 11.9. The Labute approximate surface area is 409 Å². The summed E-state index contributed by atoms with van der Waals surface area (Å²) >= 11 is 0. The van der Waals surface area contributed by atoms with Crippen molar-refractivity contribution in [2.45, 2.75) is 0 Å². The second-order valence-electron chi connectivity index (χ2n) is 18.5. The number of para-hydroxylation sites is 8. The summed E-state index contributed by atoms with van der Waals surface area (Å²) in [4.78, 5) is 2.44. The second kappa shape index (κ2) is 15.5. The van der Waals surface area contributed by atoms with Gasteiger partial charge in [0.05, 0.1) is 55.5 Å². The number of fused-ring (bicyclic) bond motifs is 12. The molecular weight excluding hydrogens is 863 g/mol. The fourth-order valence-electron chi connectivity index (χ4n) is 11.7. The molecule has 15 rings (SSSR count). The summed E-state index contributed by atoms with van der Waals surface area (Å²) in [5.41, 5.74) is 16.9. The molecule has 0 N–H and O–H groups in total. The molecule has 0 aliphatic rings. The van der Waals surface area contributed by atoms with Crippen molar-refractivity contribution >= 4 is 104 Å². The van der Waals surface area contributed by atoms with Crippen molar-refractivity contribution in [3.63, 3.8) is 0 Å². The lowest BCUT2D eigenvalue weighted by molar-refractivity contribution is 1.11. The van der Waals surface area contributed by atoms with Gasteiger partial charge in [-0.05, 0) is 115 Å². The molecule has 4 heterocycles. The highest BCUT2D eigenvalue weighted by Crippen LogP contribution is 2.45. The van der Waals surface area contributed by atoms with Crippen LogP contribution in [0.15, 0.2) is 261 Å². The highest BCUT2D eigenvalue weighted by Gasteiger charge is 2.24. The molecule has 0 fully saturated rings. The van der Waals surface area contributed by atoms with Crippen LogP contribution in [-0.2, 0) is 0 Å². The molecule has 0 saturated carbocycles. The van der Waals surface area contributed by atoms with Gasteiger partial charge in [0.1, 0.15) is 0 Å². The fourth-order valence-corrected chi connectivity index (χ4v) is 11.7. The molecule has 0 aliphatic carbocycles. The molecule has 0 spiro atoms. The number of benzene rings is 11. The molecule has 0 amide bonds. The second-order valence-corrected chi connectivity index (χ2v) is 18.5. The van der Waals surface area contributed by atoms with E-state index in [0.29, 0.717) is 0 Å². The van der Waals surface area contributed by atoms with Gasteiger partial charge >= 0.3 is 0 Å². The minimum atomic E-state index is 1.05. The minimum Gasteiger partial charge on any atom is -0.309 e. The van der Waals surface area contributed by atoms with Crippen LogP contribution in [0.1, 0.15) is 0 Å². The number of hydrogen-bond acceptors (Lipinski definition) is 1. The van der Waals surface area contributed by atoms with Crippen molar-refractivity contribution < 1.29 is 0 Å². The zero-order valence-electron chi connectivity index (χ0n) is 38.6. The van der Waals surface area contributed by atoms with Gasteiger partial charge < -0.3 is 23.2 Å². The number of rotatable bonds is 7. The van der Waals surface area contributed by atoms with Crippen molar-refractivity contribution in [2.75, 3.05) is 4.90 Å². The lowest BCUT2D eigenvalue weighted by Gasteiger charge is -2.29. The maximum absolute atomic E-state index is 2.48. The highest BCUT2D eigenvalue weighted by atomic mass is 15.2. The van der Waals surface area contributed by atoms with Gasteiger partial charge in [-0.15, -0.1) is 0 Å². The first kappa shape index (κ1) is 39.4. The van der Waals surface area contributed by atoms with Crippen LogP contribution in [-0.4, -0.2) is 18.3 Å². The molecule has 71 heavy (non-hydrogen) atoms. The first-order valence-electron chi connectivity index (χ1n) is 24.4. The Hall–Kier alpha value is -9.58. The lowest BCUT2D eigenvalue weighted by atomic mass is 10.1. The van der Waals surface area contributed by atoms with E-state index < -0.39 is 0 Å². The Morgan fingerprint density at radius 2 is 0.451 bits per heavy atom. The SMILES string of the molecule is c1ccc2c(c1)c1ccccc1n2-c1ccc(N(c2ccc(-n3c4ccccc4c4ccccc43)cc2)c2ccc(-n3c4ccccc4c4ccccc43)cc2-n2c3ccccc3c3ccccc32)cc1. The molecule has 0 saturated heterocycles. The Kier molecular flexibility index (Phi) is 8.59. The Bertz CT molecular complexity index is 4210. The van der Waals surface area contributed by atoms with Gasteiger partial charge in [0.15, 0.2) is 0 Å². The van der Waals surface area contributed by atoms with Gasteiger partial charge in [-0.1, -0.05) is 146 Å². The van der Waals surface area contributed by atoms with Crippen LogP contribution >= 0.6 is 0 Å². The molecule has 15 aromatic rings. The molecule has 0 unspecified atom stereocenters. The summed E-state index contributed by atoms with van der Waals surface area (Å²) in [6.45, 7) is 0. The first-order chi connectivity index (χ1) is 35.3. The van der Waals surface area contributed by atoms with E-state index in [1.54, 1.807) is 0 Å². The average molecular weight is 906 g/mol. The summed E-state index contributed by atoms with van der Waals surface area (Å²) in [5, 5.41) is 9.89. The minimum absolute atomic E-state index is 1.05. The summed E-state index contributed by atoms with van der Waals surface area (Å²) in [7, 11) is 0. The quantitative estimate of drug-likeness (QED) is 0.156. The van der Waals surface area contributed by atoms with Crippen LogP contribution in [0.3, 0.4) is 0 Å².